The van der Waals surface area contributed by atoms with Crippen LogP contribution in [0.3, 0.4) is 0 Å². The molecule has 1 N–H and O–H groups in total. The number of unbranched alkanes of at least 4 members (excludes halogenated alkanes) is 1. The average molecular weight is 270 g/mol. The summed E-state index contributed by atoms with van der Waals surface area (Å²) in [6.07, 6.45) is 3.89. The Bertz CT molecular complexity index is 550. The first-order valence-electron chi connectivity index (χ1n) is 6.40. The summed E-state index contributed by atoms with van der Waals surface area (Å²) in [5, 5.41) is 9.34. The van der Waals surface area contributed by atoms with E-state index in [2.05, 4.69) is 0 Å². The molecule has 2 aromatic carbocycles. The van der Waals surface area contributed by atoms with Crippen molar-refractivity contribution >= 4 is 11.9 Å². The largest absolute Gasteiger partial charge is 0.508 e. The summed E-state index contributed by atoms with van der Waals surface area (Å²) in [6.45, 7) is 0. The Kier molecular flexibility index (Phi) is 4.66. The van der Waals surface area contributed by atoms with Crippen molar-refractivity contribution in [3.8, 4) is 5.75 Å². The number of carbonyl (C=O) groups is 1. The number of phenols is 1. The first-order valence-corrected chi connectivity index (χ1v) is 6.40. The number of phenolic OH excluding ortho intramolecular Hbond substituents is 1. The molecule has 0 unspecified atom stereocenters. The van der Waals surface area contributed by atoms with E-state index in [1.54, 1.807) is 36.4 Å². The van der Waals surface area contributed by atoms with Crippen molar-refractivity contribution in [1.82, 2.24) is 0 Å². The molecule has 0 radical (unpaired) electrons. The van der Waals surface area contributed by atoms with E-state index in [0.29, 0.717) is 12.8 Å². The van der Waals surface area contributed by atoms with Crippen LogP contribution in [-0.4, -0.2) is 11.4 Å². The van der Waals surface area contributed by atoms with Crippen molar-refractivity contribution in [2.75, 3.05) is 0 Å². The Morgan fingerprint density at radius 3 is 2.05 bits per heavy atom. The lowest BCUT2D eigenvalue weighted by Crippen LogP contribution is -1.89. The molecule has 0 saturated carbocycles. The number of hydrogen-bond donors (Lipinski definition) is 1. The van der Waals surface area contributed by atoms with Gasteiger partial charge in [0.25, 0.3) is 0 Å². The third-order valence-electron chi connectivity index (χ3n) is 2.97. The predicted octanol–water partition coefficient (Wildman–Crippen LogP) is 3.94. The van der Waals surface area contributed by atoms with E-state index in [1.165, 1.54) is 12.1 Å². The number of aldehydes is 1. The molecular weight excluding hydrogens is 255 g/mol. The highest BCUT2D eigenvalue weighted by molar-refractivity contribution is 5.80. The van der Waals surface area contributed by atoms with Crippen molar-refractivity contribution in [1.29, 1.82) is 0 Å². The third-order valence-corrected chi connectivity index (χ3v) is 2.97. The number of hydrogen-bond acceptors (Lipinski definition) is 2. The lowest BCUT2D eigenvalue weighted by Gasteiger charge is -2.09. The molecule has 0 aromatic heterocycles. The Balaban J connectivity index is 2.38. The van der Waals surface area contributed by atoms with Gasteiger partial charge >= 0.3 is 0 Å². The number of halogens is 1. The van der Waals surface area contributed by atoms with Crippen LogP contribution < -0.4 is 0 Å². The smallest absolute Gasteiger partial charge is 0.123 e. The predicted molar refractivity (Wildman–Crippen MR) is 76.9 cm³/mol. The zero-order chi connectivity index (χ0) is 14.4. The Labute approximate surface area is 117 Å². The summed E-state index contributed by atoms with van der Waals surface area (Å²) in [5.41, 5.74) is 2.72. The summed E-state index contributed by atoms with van der Waals surface area (Å²) < 4.78 is 13.0. The molecule has 0 saturated heterocycles. The monoisotopic (exact) mass is 270 g/mol. The summed E-state index contributed by atoms with van der Waals surface area (Å²) in [4.78, 5) is 10.4. The molecule has 0 aliphatic carbocycles. The van der Waals surface area contributed by atoms with Gasteiger partial charge in [-0.3, -0.25) is 0 Å². The van der Waals surface area contributed by atoms with Gasteiger partial charge in [0.15, 0.2) is 0 Å². The van der Waals surface area contributed by atoms with Gasteiger partial charge in [0, 0.05) is 6.42 Å². The van der Waals surface area contributed by atoms with Crippen molar-refractivity contribution in [3.63, 3.8) is 0 Å². The summed E-state index contributed by atoms with van der Waals surface area (Å²) >= 11 is 0. The second kappa shape index (κ2) is 6.66. The summed E-state index contributed by atoms with van der Waals surface area (Å²) in [5.74, 6) is -0.0909. The lowest BCUT2D eigenvalue weighted by molar-refractivity contribution is -0.107. The molecule has 0 atom stereocenters. The van der Waals surface area contributed by atoms with Crippen LogP contribution in [0.4, 0.5) is 4.39 Å². The van der Waals surface area contributed by atoms with E-state index in [9.17, 15) is 14.3 Å². The van der Waals surface area contributed by atoms with Crippen LogP contribution in [0.1, 0.15) is 24.0 Å². The van der Waals surface area contributed by atoms with Crippen LogP contribution in [0.15, 0.2) is 54.6 Å². The van der Waals surface area contributed by atoms with E-state index in [-0.39, 0.29) is 11.6 Å². The van der Waals surface area contributed by atoms with Crippen LogP contribution >= 0.6 is 0 Å². The van der Waals surface area contributed by atoms with Crippen molar-refractivity contribution < 1.29 is 14.3 Å². The van der Waals surface area contributed by atoms with Crippen molar-refractivity contribution in [2.45, 2.75) is 12.8 Å². The molecule has 0 spiro atoms. The van der Waals surface area contributed by atoms with E-state index in [4.69, 9.17) is 0 Å². The minimum atomic E-state index is -0.285. The first kappa shape index (κ1) is 14.0. The molecule has 102 valence electrons. The standard InChI is InChI=1S/C17H15FO2/c18-15-8-4-13(5-9-15)17(3-1-2-12-19)14-6-10-16(20)11-7-14/h3-12,20H,1-2H2/b17-3-. The fraction of sp³-hybridized carbons (Fsp3) is 0.118. The third kappa shape index (κ3) is 3.54. The molecule has 0 aliphatic rings. The molecule has 0 amide bonds. The topological polar surface area (TPSA) is 37.3 Å². The Morgan fingerprint density at radius 1 is 0.950 bits per heavy atom. The number of allylic oxidation sites excluding steroid dienone is 1. The van der Waals surface area contributed by atoms with Crippen LogP contribution in [0.25, 0.3) is 5.57 Å². The zero-order valence-corrected chi connectivity index (χ0v) is 10.9. The zero-order valence-electron chi connectivity index (χ0n) is 10.9. The first-order chi connectivity index (χ1) is 9.70. The van der Waals surface area contributed by atoms with E-state index >= 15 is 0 Å². The molecule has 2 rings (SSSR count). The van der Waals surface area contributed by atoms with Gasteiger partial charge in [-0.15, -0.1) is 0 Å². The second-order valence-electron chi connectivity index (χ2n) is 4.42. The number of rotatable bonds is 5. The molecule has 3 heteroatoms. The fourth-order valence-corrected chi connectivity index (χ4v) is 1.97. The van der Waals surface area contributed by atoms with Crippen LogP contribution in [-0.2, 0) is 4.79 Å². The maximum atomic E-state index is 13.0. The van der Waals surface area contributed by atoms with E-state index in [1.807, 2.05) is 6.08 Å². The molecule has 2 aromatic rings. The van der Waals surface area contributed by atoms with Crippen molar-refractivity contribution in [3.05, 3.63) is 71.6 Å². The lowest BCUT2D eigenvalue weighted by atomic mass is 9.96. The van der Waals surface area contributed by atoms with E-state index < -0.39 is 0 Å². The summed E-state index contributed by atoms with van der Waals surface area (Å²) in [7, 11) is 0. The molecular formula is C17H15FO2. The van der Waals surface area contributed by atoms with Gasteiger partial charge in [0.05, 0.1) is 0 Å². The highest BCUT2D eigenvalue weighted by atomic mass is 19.1. The maximum Gasteiger partial charge on any atom is 0.123 e. The van der Waals surface area contributed by atoms with Gasteiger partial charge < -0.3 is 9.90 Å². The van der Waals surface area contributed by atoms with Gasteiger partial charge in [-0.1, -0.05) is 30.3 Å². The van der Waals surface area contributed by atoms with Gasteiger partial charge in [0.1, 0.15) is 17.9 Å². The van der Waals surface area contributed by atoms with Gasteiger partial charge in [-0.05, 0) is 47.4 Å². The summed E-state index contributed by atoms with van der Waals surface area (Å²) in [6, 6.07) is 13.0. The molecule has 20 heavy (non-hydrogen) atoms. The highest BCUT2D eigenvalue weighted by Crippen LogP contribution is 2.26. The number of carbonyl (C=O) groups excluding carboxylic acids is 1. The number of aromatic hydroxyl groups is 1. The molecule has 0 fully saturated rings. The minimum Gasteiger partial charge on any atom is -0.508 e. The highest BCUT2D eigenvalue weighted by Gasteiger charge is 2.05. The fourth-order valence-electron chi connectivity index (χ4n) is 1.97. The van der Waals surface area contributed by atoms with Crippen LogP contribution in [0, 0.1) is 5.82 Å². The normalized spacial score (nSPS) is 11.3. The molecule has 0 bridgehead atoms. The maximum absolute atomic E-state index is 13.0. The van der Waals surface area contributed by atoms with Crippen molar-refractivity contribution in [2.24, 2.45) is 0 Å². The van der Waals surface area contributed by atoms with Gasteiger partial charge in [-0.2, -0.15) is 0 Å². The van der Waals surface area contributed by atoms with Gasteiger partial charge in [-0.25, -0.2) is 4.39 Å². The SMILES string of the molecule is O=CCC/C=C(\c1ccc(O)cc1)c1ccc(F)cc1. The Hall–Kier alpha value is -2.42. The van der Waals surface area contributed by atoms with Gasteiger partial charge in [0.2, 0.25) is 0 Å². The quantitative estimate of drug-likeness (QED) is 0.660. The van der Waals surface area contributed by atoms with E-state index in [0.717, 1.165) is 23.0 Å². The van der Waals surface area contributed by atoms with Crippen LogP contribution in [0.5, 0.6) is 5.75 Å². The molecule has 0 heterocycles. The minimum absolute atomic E-state index is 0.195. The molecule has 2 nitrogen and oxygen atoms in total. The second-order valence-corrected chi connectivity index (χ2v) is 4.42. The number of benzene rings is 2. The molecule has 0 aliphatic heterocycles. The average Bonchev–Trinajstić information content (AvgIpc) is 2.46. The Morgan fingerprint density at radius 2 is 1.50 bits per heavy atom. The van der Waals surface area contributed by atoms with Crippen LogP contribution in [0.2, 0.25) is 0 Å².